The molecule has 0 radical (unpaired) electrons. The second kappa shape index (κ2) is 4.76. The maximum absolute atomic E-state index is 12.0. The zero-order valence-electron chi connectivity index (χ0n) is 7.41. The zero-order valence-corrected chi connectivity index (χ0v) is 8.23. The zero-order chi connectivity index (χ0) is 10.6. The van der Waals surface area contributed by atoms with Crippen molar-refractivity contribution in [2.75, 3.05) is 0 Å². The van der Waals surface area contributed by atoms with E-state index in [9.17, 15) is 13.5 Å². The van der Waals surface area contributed by atoms with Gasteiger partial charge in [0, 0.05) is 17.4 Å². The van der Waals surface area contributed by atoms with Crippen LogP contribution in [0, 0.1) is 0 Å². The van der Waals surface area contributed by atoms with Crippen molar-refractivity contribution in [1.82, 2.24) is 5.32 Å². The van der Waals surface area contributed by atoms with Crippen molar-refractivity contribution in [2.45, 2.75) is 11.8 Å². The van der Waals surface area contributed by atoms with E-state index in [2.05, 4.69) is 5.32 Å². The number of carbonyl (C=O) groups excluding carboxylic acids is 2. The van der Waals surface area contributed by atoms with Crippen LogP contribution in [0.2, 0.25) is 0 Å². The lowest BCUT2D eigenvalue weighted by Crippen LogP contribution is -2.27. The summed E-state index contributed by atoms with van der Waals surface area (Å²) in [5.74, 6) is -0.896. The molecule has 14 heavy (non-hydrogen) atoms. The van der Waals surface area contributed by atoms with Gasteiger partial charge in [-0.1, -0.05) is 0 Å². The van der Waals surface area contributed by atoms with Crippen LogP contribution in [-0.4, -0.2) is 11.8 Å². The Morgan fingerprint density at radius 2 is 1.86 bits per heavy atom. The number of carbonyl (C=O) groups is 2. The van der Waals surface area contributed by atoms with Crippen LogP contribution in [-0.2, 0) is 4.79 Å². The van der Waals surface area contributed by atoms with E-state index in [1.165, 1.54) is 31.2 Å². The van der Waals surface area contributed by atoms with Crippen molar-refractivity contribution in [2.24, 2.45) is 0 Å². The Bertz CT molecular complexity index is 350. The largest absolute Gasteiger partial charge is 0.293 e. The molecule has 0 saturated carbocycles. The average molecular weight is 213 g/mol. The van der Waals surface area contributed by atoms with Gasteiger partial charge in [-0.25, -0.2) is 0 Å². The van der Waals surface area contributed by atoms with E-state index in [1.54, 1.807) is 0 Å². The molecule has 1 N–H and O–H groups in total. The second-order valence-electron chi connectivity index (χ2n) is 2.61. The highest BCUT2D eigenvalue weighted by Crippen LogP contribution is 2.18. The highest BCUT2D eigenvalue weighted by molar-refractivity contribution is 7.94. The first-order valence-corrected chi connectivity index (χ1v) is 4.55. The van der Waals surface area contributed by atoms with Crippen LogP contribution < -0.4 is 5.32 Å². The number of halogens is 1. The first kappa shape index (κ1) is 10.7. The predicted molar refractivity (Wildman–Crippen MR) is 51.6 cm³/mol. The van der Waals surface area contributed by atoms with Crippen LogP contribution in [0.25, 0.3) is 0 Å². The summed E-state index contributed by atoms with van der Waals surface area (Å²) in [4.78, 5) is 22.2. The standard InChI is InChI=1S/C9H8FNO2S/c1-6(12)11-9(13)7-2-4-8(14-10)5-3-7/h2-5H,1H3,(H,11,12,13). The Labute approximate surface area is 85.0 Å². The van der Waals surface area contributed by atoms with Crippen molar-refractivity contribution in [3.63, 3.8) is 0 Å². The van der Waals surface area contributed by atoms with Gasteiger partial charge in [-0.05, 0) is 24.3 Å². The molecule has 0 fully saturated rings. The number of hydrogen-bond acceptors (Lipinski definition) is 3. The topological polar surface area (TPSA) is 46.2 Å². The van der Waals surface area contributed by atoms with E-state index in [-0.39, 0.29) is 12.1 Å². The number of benzene rings is 1. The summed E-state index contributed by atoms with van der Waals surface area (Å²) in [5, 5.41) is 2.12. The molecular weight excluding hydrogens is 205 g/mol. The van der Waals surface area contributed by atoms with Gasteiger partial charge in [0.2, 0.25) is 5.91 Å². The number of imide groups is 1. The van der Waals surface area contributed by atoms with Crippen LogP contribution in [0.1, 0.15) is 17.3 Å². The minimum absolute atomic E-state index is 0.104. The Morgan fingerprint density at radius 1 is 1.29 bits per heavy atom. The molecule has 0 atom stereocenters. The van der Waals surface area contributed by atoms with Crippen molar-refractivity contribution >= 4 is 24.0 Å². The fourth-order valence-electron chi connectivity index (χ4n) is 0.890. The van der Waals surface area contributed by atoms with Gasteiger partial charge in [0.15, 0.2) is 0 Å². The fraction of sp³-hybridized carbons (Fsp3) is 0.111. The summed E-state index contributed by atoms with van der Waals surface area (Å²) >= 11 is 0.104. The summed E-state index contributed by atoms with van der Waals surface area (Å²) in [6.45, 7) is 1.25. The van der Waals surface area contributed by atoms with E-state index < -0.39 is 11.8 Å². The van der Waals surface area contributed by atoms with Crippen LogP contribution in [0.3, 0.4) is 0 Å². The summed E-state index contributed by atoms with van der Waals surface area (Å²) in [5.41, 5.74) is 0.331. The van der Waals surface area contributed by atoms with Crippen molar-refractivity contribution in [3.8, 4) is 0 Å². The molecule has 2 amide bonds. The molecule has 0 aromatic heterocycles. The average Bonchev–Trinajstić information content (AvgIpc) is 2.17. The maximum atomic E-state index is 12.0. The molecule has 0 unspecified atom stereocenters. The normalized spacial score (nSPS) is 9.57. The minimum Gasteiger partial charge on any atom is -0.293 e. The van der Waals surface area contributed by atoms with E-state index in [0.717, 1.165) is 0 Å². The molecule has 5 heteroatoms. The molecular formula is C9H8FNO2S. The lowest BCUT2D eigenvalue weighted by Gasteiger charge is -2.00. The molecule has 0 aliphatic rings. The fourth-order valence-corrected chi connectivity index (χ4v) is 1.13. The predicted octanol–water partition coefficient (Wildman–Crippen LogP) is 1.94. The molecule has 1 aromatic carbocycles. The van der Waals surface area contributed by atoms with Gasteiger partial charge >= 0.3 is 0 Å². The summed E-state index contributed by atoms with van der Waals surface area (Å²) in [7, 11) is 0. The molecule has 3 nitrogen and oxygen atoms in total. The van der Waals surface area contributed by atoms with Crippen LogP contribution in [0.4, 0.5) is 3.89 Å². The molecule has 0 aliphatic carbocycles. The monoisotopic (exact) mass is 213 g/mol. The molecule has 74 valence electrons. The first-order valence-electron chi connectivity index (χ1n) is 3.84. The summed E-state index contributed by atoms with van der Waals surface area (Å²) < 4.78 is 12.0. The van der Waals surface area contributed by atoms with Crippen LogP contribution >= 0.6 is 12.1 Å². The Morgan fingerprint density at radius 3 is 2.29 bits per heavy atom. The molecule has 0 spiro atoms. The third-order valence-corrected chi connectivity index (χ3v) is 1.95. The number of rotatable bonds is 2. The molecule has 0 heterocycles. The Kier molecular flexibility index (Phi) is 3.64. The Balaban J connectivity index is 2.76. The number of nitrogens with one attached hydrogen (secondary N) is 1. The van der Waals surface area contributed by atoms with Gasteiger partial charge in [0.25, 0.3) is 5.91 Å². The lowest BCUT2D eigenvalue weighted by molar-refractivity contribution is -0.118. The van der Waals surface area contributed by atoms with Crippen molar-refractivity contribution < 1.29 is 13.5 Å². The SMILES string of the molecule is CC(=O)NC(=O)c1ccc(SF)cc1. The minimum atomic E-state index is -0.479. The van der Waals surface area contributed by atoms with Gasteiger partial charge in [0.1, 0.15) is 0 Å². The quantitative estimate of drug-likeness (QED) is 0.816. The Hall–Kier alpha value is -1.36. The summed E-state index contributed by atoms with van der Waals surface area (Å²) in [6.07, 6.45) is 0. The van der Waals surface area contributed by atoms with Crippen molar-refractivity contribution in [1.29, 1.82) is 0 Å². The van der Waals surface area contributed by atoms with E-state index in [4.69, 9.17) is 0 Å². The smallest absolute Gasteiger partial charge is 0.257 e. The molecule has 0 aliphatic heterocycles. The van der Waals surface area contributed by atoms with E-state index in [1.807, 2.05) is 0 Å². The van der Waals surface area contributed by atoms with Gasteiger partial charge in [0.05, 0.1) is 12.1 Å². The van der Waals surface area contributed by atoms with Gasteiger partial charge in [-0.3, -0.25) is 14.9 Å². The molecule has 1 rings (SSSR count). The highest BCUT2D eigenvalue weighted by atomic mass is 32.2. The molecule has 1 aromatic rings. The highest BCUT2D eigenvalue weighted by Gasteiger charge is 2.06. The van der Waals surface area contributed by atoms with Crippen molar-refractivity contribution in [3.05, 3.63) is 29.8 Å². The van der Waals surface area contributed by atoms with Gasteiger partial charge in [-0.2, -0.15) is 3.89 Å². The second-order valence-corrected chi connectivity index (χ2v) is 3.24. The third-order valence-electron chi connectivity index (χ3n) is 1.50. The van der Waals surface area contributed by atoms with Gasteiger partial charge < -0.3 is 0 Å². The van der Waals surface area contributed by atoms with E-state index in [0.29, 0.717) is 10.5 Å². The van der Waals surface area contributed by atoms with Crippen LogP contribution in [0.15, 0.2) is 29.2 Å². The van der Waals surface area contributed by atoms with Gasteiger partial charge in [-0.15, -0.1) is 0 Å². The molecule has 0 saturated heterocycles. The number of hydrogen-bond donors (Lipinski definition) is 1. The molecule has 0 bridgehead atoms. The third kappa shape index (κ3) is 2.85. The summed E-state index contributed by atoms with van der Waals surface area (Å²) in [6, 6.07) is 5.86. The maximum Gasteiger partial charge on any atom is 0.257 e. The lowest BCUT2D eigenvalue weighted by atomic mass is 10.2. The first-order chi connectivity index (χ1) is 6.63. The number of amides is 2. The van der Waals surface area contributed by atoms with E-state index >= 15 is 0 Å². The van der Waals surface area contributed by atoms with Crippen LogP contribution in [0.5, 0.6) is 0 Å².